The van der Waals surface area contributed by atoms with Crippen LogP contribution >= 0.6 is 0 Å². The molecule has 0 aliphatic carbocycles. The van der Waals surface area contributed by atoms with Crippen LogP contribution in [0.1, 0.15) is 21.5 Å². The molecule has 6 heteroatoms. The molecule has 3 aromatic rings. The third-order valence-corrected chi connectivity index (χ3v) is 4.16. The van der Waals surface area contributed by atoms with Crippen LogP contribution in [0.5, 0.6) is 0 Å². The molecule has 0 atom stereocenters. The van der Waals surface area contributed by atoms with Gasteiger partial charge in [-0.2, -0.15) is 0 Å². The number of carbonyl (C=O) groups is 1. The first-order valence-corrected chi connectivity index (χ1v) is 7.95. The van der Waals surface area contributed by atoms with Gasteiger partial charge in [-0.15, -0.1) is 0 Å². The molecule has 1 aliphatic rings. The van der Waals surface area contributed by atoms with Gasteiger partial charge in [-0.1, -0.05) is 24.3 Å². The number of halogens is 1. The van der Waals surface area contributed by atoms with Crippen molar-refractivity contribution in [3.05, 3.63) is 89.2 Å². The van der Waals surface area contributed by atoms with Crippen LogP contribution in [0.15, 0.2) is 71.7 Å². The third kappa shape index (κ3) is 2.82. The minimum absolute atomic E-state index is 0.309. The molecule has 0 bridgehead atoms. The highest BCUT2D eigenvalue weighted by Crippen LogP contribution is 2.35. The zero-order chi connectivity index (χ0) is 18.1. The second-order valence-corrected chi connectivity index (χ2v) is 5.81. The highest BCUT2D eigenvalue weighted by Gasteiger charge is 2.18. The van der Waals surface area contributed by atoms with Crippen LogP contribution in [0.2, 0.25) is 0 Å². The standard InChI is InChI=1S/C20H14FN3O2/c21-14-9-10-16-15(11-14)19(23-18-4-2-1-3-17(18)22-16)12-5-7-13(8-6-12)20(25)24-26/h1-11,22,26H,(H,24,25). The Hall–Kier alpha value is -3.51. The summed E-state index contributed by atoms with van der Waals surface area (Å²) in [4.78, 5) is 16.2. The van der Waals surface area contributed by atoms with Crippen molar-refractivity contribution < 1.29 is 14.4 Å². The molecule has 3 N–H and O–H groups in total. The van der Waals surface area contributed by atoms with E-state index in [0.717, 1.165) is 22.6 Å². The smallest absolute Gasteiger partial charge is 0.274 e. The summed E-state index contributed by atoms with van der Waals surface area (Å²) in [5.74, 6) is -0.960. The molecule has 3 aromatic carbocycles. The van der Waals surface area contributed by atoms with E-state index >= 15 is 0 Å². The Kier molecular flexibility index (Phi) is 3.95. The quantitative estimate of drug-likeness (QED) is 0.376. The Balaban J connectivity index is 1.89. The molecule has 128 valence electrons. The van der Waals surface area contributed by atoms with Gasteiger partial charge >= 0.3 is 0 Å². The SMILES string of the molecule is O=C(NO)c1ccc(C2=Nc3ccccc3Nc3ccc(F)cc32)cc1. The lowest BCUT2D eigenvalue weighted by Crippen LogP contribution is -2.18. The lowest BCUT2D eigenvalue weighted by Gasteiger charge is -2.11. The highest BCUT2D eigenvalue weighted by molar-refractivity contribution is 6.18. The van der Waals surface area contributed by atoms with Crippen molar-refractivity contribution in [1.82, 2.24) is 5.48 Å². The van der Waals surface area contributed by atoms with Gasteiger partial charge in [-0.05, 0) is 42.5 Å². The van der Waals surface area contributed by atoms with E-state index in [1.807, 2.05) is 24.3 Å². The fourth-order valence-electron chi connectivity index (χ4n) is 2.89. The molecule has 0 saturated heterocycles. The topological polar surface area (TPSA) is 73.7 Å². The van der Waals surface area contributed by atoms with E-state index in [-0.39, 0.29) is 5.82 Å². The van der Waals surface area contributed by atoms with Crippen LogP contribution in [0.3, 0.4) is 0 Å². The van der Waals surface area contributed by atoms with Crippen molar-refractivity contribution in [3.8, 4) is 0 Å². The fraction of sp³-hybridized carbons (Fsp3) is 0. The number of carbonyl (C=O) groups excluding carboxylic acids is 1. The molecule has 4 rings (SSSR count). The molecule has 0 saturated carbocycles. The summed E-state index contributed by atoms with van der Waals surface area (Å²) in [6.07, 6.45) is 0. The molecule has 1 aliphatic heterocycles. The van der Waals surface area contributed by atoms with E-state index in [9.17, 15) is 9.18 Å². The van der Waals surface area contributed by atoms with Crippen molar-refractivity contribution in [3.63, 3.8) is 0 Å². The average molecular weight is 347 g/mol. The normalized spacial score (nSPS) is 12.2. The monoisotopic (exact) mass is 347 g/mol. The lowest BCUT2D eigenvalue weighted by atomic mass is 9.99. The Labute approximate surface area is 148 Å². The van der Waals surface area contributed by atoms with E-state index in [0.29, 0.717) is 16.8 Å². The van der Waals surface area contributed by atoms with Gasteiger partial charge in [-0.25, -0.2) is 14.9 Å². The van der Waals surface area contributed by atoms with Gasteiger partial charge in [-0.3, -0.25) is 10.0 Å². The van der Waals surface area contributed by atoms with Gasteiger partial charge < -0.3 is 5.32 Å². The number of hydroxylamine groups is 1. The minimum atomic E-state index is -0.599. The number of amides is 1. The number of para-hydroxylation sites is 2. The van der Waals surface area contributed by atoms with Crippen LogP contribution in [0.4, 0.5) is 21.5 Å². The first-order chi connectivity index (χ1) is 12.7. The highest BCUT2D eigenvalue weighted by atomic mass is 19.1. The van der Waals surface area contributed by atoms with Crippen LogP contribution in [-0.4, -0.2) is 16.8 Å². The van der Waals surface area contributed by atoms with Crippen molar-refractivity contribution in [2.24, 2.45) is 4.99 Å². The molecule has 0 unspecified atom stereocenters. The van der Waals surface area contributed by atoms with Crippen molar-refractivity contribution in [2.45, 2.75) is 0 Å². The summed E-state index contributed by atoms with van der Waals surface area (Å²) < 4.78 is 13.9. The predicted molar refractivity (Wildman–Crippen MR) is 97.1 cm³/mol. The second-order valence-electron chi connectivity index (χ2n) is 5.81. The molecular formula is C20H14FN3O2. The zero-order valence-corrected chi connectivity index (χ0v) is 13.5. The summed E-state index contributed by atoms with van der Waals surface area (Å²) in [7, 11) is 0. The molecule has 0 aromatic heterocycles. The molecule has 0 radical (unpaired) electrons. The molecule has 0 fully saturated rings. The Morgan fingerprint density at radius 3 is 2.54 bits per heavy atom. The Morgan fingerprint density at radius 2 is 1.77 bits per heavy atom. The molecule has 1 amide bonds. The third-order valence-electron chi connectivity index (χ3n) is 4.16. The van der Waals surface area contributed by atoms with E-state index < -0.39 is 5.91 Å². The van der Waals surface area contributed by atoms with E-state index in [4.69, 9.17) is 10.2 Å². The molecular weight excluding hydrogens is 333 g/mol. The van der Waals surface area contributed by atoms with E-state index in [2.05, 4.69) is 5.32 Å². The first kappa shape index (κ1) is 16.0. The lowest BCUT2D eigenvalue weighted by molar-refractivity contribution is 0.0706. The predicted octanol–water partition coefficient (Wildman–Crippen LogP) is 4.17. The first-order valence-electron chi connectivity index (χ1n) is 7.95. The number of benzene rings is 3. The number of hydrogen-bond acceptors (Lipinski definition) is 4. The summed E-state index contributed by atoms with van der Waals surface area (Å²) >= 11 is 0. The molecule has 0 spiro atoms. The van der Waals surface area contributed by atoms with Crippen LogP contribution < -0.4 is 10.8 Å². The minimum Gasteiger partial charge on any atom is -0.353 e. The fourth-order valence-corrected chi connectivity index (χ4v) is 2.89. The number of fused-ring (bicyclic) bond motifs is 2. The van der Waals surface area contributed by atoms with Gasteiger partial charge in [0.1, 0.15) is 5.82 Å². The maximum absolute atomic E-state index is 13.9. The van der Waals surface area contributed by atoms with Crippen molar-refractivity contribution in [2.75, 3.05) is 5.32 Å². The Morgan fingerprint density at radius 1 is 1.00 bits per heavy atom. The van der Waals surface area contributed by atoms with E-state index in [1.54, 1.807) is 35.8 Å². The Bertz CT molecular complexity index is 1030. The summed E-state index contributed by atoms with van der Waals surface area (Å²) in [5.41, 5.74) is 6.15. The number of rotatable bonds is 2. The summed E-state index contributed by atoms with van der Waals surface area (Å²) in [5, 5.41) is 12.0. The molecule has 1 heterocycles. The number of hydrogen-bond donors (Lipinski definition) is 3. The largest absolute Gasteiger partial charge is 0.353 e. The molecule has 5 nitrogen and oxygen atoms in total. The average Bonchev–Trinajstić information content (AvgIpc) is 2.84. The van der Waals surface area contributed by atoms with Gasteiger partial charge in [0, 0.05) is 22.4 Å². The number of anilines is 2. The van der Waals surface area contributed by atoms with Crippen LogP contribution in [0.25, 0.3) is 0 Å². The van der Waals surface area contributed by atoms with Crippen LogP contribution in [0, 0.1) is 5.82 Å². The summed E-state index contributed by atoms with van der Waals surface area (Å²) in [6.45, 7) is 0. The van der Waals surface area contributed by atoms with Crippen molar-refractivity contribution >= 4 is 28.7 Å². The number of nitrogens with one attached hydrogen (secondary N) is 2. The van der Waals surface area contributed by atoms with Gasteiger partial charge in [0.05, 0.1) is 17.1 Å². The maximum Gasteiger partial charge on any atom is 0.274 e. The maximum atomic E-state index is 13.9. The zero-order valence-electron chi connectivity index (χ0n) is 13.5. The van der Waals surface area contributed by atoms with Gasteiger partial charge in [0.2, 0.25) is 0 Å². The number of nitrogens with zero attached hydrogens (tertiary/aromatic N) is 1. The van der Waals surface area contributed by atoms with E-state index in [1.165, 1.54) is 12.1 Å². The van der Waals surface area contributed by atoms with Crippen LogP contribution in [-0.2, 0) is 0 Å². The number of aliphatic imine (C=N–C) groups is 1. The van der Waals surface area contributed by atoms with Gasteiger partial charge in [0.25, 0.3) is 5.91 Å². The van der Waals surface area contributed by atoms with Gasteiger partial charge in [0.15, 0.2) is 0 Å². The molecule has 26 heavy (non-hydrogen) atoms. The summed E-state index contributed by atoms with van der Waals surface area (Å²) in [6, 6.07) is 18.6. The second kappa shape index (κ2) is 6.42. The van der Waals surface area contributed by atoms with Crippen molar-refractivity contribution in [1.29, 1.82) is 0 Å².